The van der Waals surface area contributed by atoms with Crippen LogP contribution in [0.1, 0.15) is 28.0 Å². The van der Waals surface area contributed by atoms with Crippen LogP contribution in [0.4, 0.5) is 0 Å². The summed E-state index contributed by atoms with van der Waals surface area (Å²) in [5.41, 5.74) is 0. The smallest absolute Gasteiger partial charge is 0.339 e. The second kappa shape index (κ2) is 7.77. The highest BCUT2D eigenvalue weighted by atomic mass is 35.5. The van der Waals surface area contributed by atoms with E-state index in [0.29, 0.717) is 6.42 Å². The number of hydrogen-bond acceptors (Lipinski definition) is 3. The van der Waals surface area contributed by atoms with Gasteiger partial charge < -0.3 is 10.1 Å². The lowest BCUT2D eigenvalue weighted by Gasteiger charge is -2.14. The van der Waals surface area contributed by atoms with Gasteiger partial charge in [-0.1, -0.05) is 30.1 Å². The Morgan fingerprint density at radius 2 is 2.20 bits per heavy atom. The van der Waals surface area contributed by atoms with Crippen molar-refractivity contribution in [1.82, 2.24) is 5.32 Å². The molecule has 0 aliphatic carbocycles. The summed E-state index contributed by atoms with van der Waals surface area (Å²) in [5.74, 6) is -0.935. The fourth-order valence-corrected chi connectivity index (χ4v) is 0.903. The summed E-state index contributed by atoms with van der Waals surface area (Å²) in [6.45, 7) is 1.83. The van der Waals surface area contributed by atoms with Crippen molar-refractivity contribution in [2.24, 2.45) is 0 Å². The number of alkyl halides is 2. The van der Waals surface area contributed by atoms with Crippen molar-refractivity contribution in [3.05, 3.63) is 0 Å². The van der Waals surface area contributed by atoms with Gasteiger partial charge in [0.05, 0.1) is 6.54 Å². The Kier molecular flexibility index (Phi) is 6.52. The molecule has 0 radical (unpaired) electrons. The molecule has 0 saturated carbocycles. The second-order valence-corrected chi connectivity index (χ2v) is 4.01. The fourth-order valence-electron chi connectivity index (χ4n) is 0.800. The Bertz CT molecular complexity index is 239. The molecule has 0 aromatic carbocycles. The maximum Gasteiger partial charge on any atom is 0.339 e. The third-order valence-corrected chi connectivity index (χ3v) is 1.82. The molecule has 1 N–H and O–H groups in total. The molecular weight excluding hydrogens is 241 g/mol. The van der Waals surface area contributed by atoms with Gasteiger partial charge in [0.2, 0.25) is 10.7 Å². The summed E-state index contributed by atoms with van der Waals surface area (Å²) in [6, 6.07) is 0. The maximum absolute atomic E-state index is 11.1. The lowest BCUT2D eigenvalue weighted by Crippen LogP contribution is -2.34. The average Bonchev–Trinajstić information content (AvgIpc) is 2.24. The Morgan fingerprint density at radius 1 is 1.53 bits per heavy atom. The maximum atomic E-state index is 11.1. The monoisotopic (exact) mass is 256 g/mol. The lowest BCUT2D eigenvalue weighted by atomic mass is 10.3. The van der Waals surface area contributed by atoms with Crippen LogP contribution >= 0.6 is 23.2 Å². The van der Waals surface area contributed by atoms with Crippen molar-refractivity contribution in [2.75, 3.05) is 6.54 Å². The molecule has 88 valence electrons. The second-order valence-electron chi connectivity index (χ2n) is 2.91. The molecule has 0 fully saturated rings. The van der Waals surface area contributed by atoms with Crippen LogP contribution in [-0.4, -0.2) is 29.4 Å². The Labute approximate surface area is 101 Å². The molecule has 1 atom stereocenters. The molecule has 0 aliphatic heterocycles. The first-order valence-corrected chi connectivity index (χ1v) is 5.43. The minimum Gasteiger partial charge on any atom is -0.459 e. The Hall–Kier alpha value is -0.480. The van der Waals surface area contributed by atoms with Gasteiger partial charge in [-0.05, 0) is 13.3 Å². The van der Waals surface area contributed by atoms with E-state index in [9.17, 15) is 9.59 Å². The summed E-state index contributed by atoms with van der Waals surface area (Å²) < 4.78 is 11.9. The SMILES string of the molecule is [2H]CC(CNC(=O)CCC)OC(=O)C(Cl)Cl. The molecule has 0 aromatic rings. The van der Waals surface area contributed by atoms with Crippen LogP contribution < -0.4 is 5.32 Å². The number of halogens is 2. The van der Waals surface area contributed by atoms with E-state index < -0.39 is 16.9 Å². The van der Waals surface area contributed by atoms with Crippen molar-refractivity contribution < 1.29 is 15.7 Å². The fraction of sp³-hybridized carbons (Fsp3) is 0.778. The molecule has 0 aliphatic rings. The topological polar surface area (TPSA) is 55.4 Å². The summed E-state index contributed by atoms with van der Waals surface area (Å²) in [5, 5.41) is 2.56. The third-order valence-electron chi connectivity index (χ3n) is 1.46. The Morgan fingerprint density at radius 3 is 2.67 bits per heavy atom. The van der Waals surface area contributed by atoms with Crippen molar-refractivity contribution in [3.8, 4) is 0 Å². The first-order chi connectivity index (χ1) is 7.51. The highest BCUT2D eigenvalue weighted by Gasteiger charge is 2.16. The molecule has 1 amide bonds. The van der Waals surface area contributed by atoms with Crippen molar-refractivity contribution in [3.63, 3.8) is 0 Å². The van der Waals surface area contributed by atoms with Crippen LogP contribution in [0.2, 0.25) is 0 Å². The van der Waals surface area contributed by atoms with E-state index in [4.69, 9.17) is 29.3 Å². The molecule has 0 rings (SSSR count). The van der Waals surface area contributed by atoms with E-state index in [1.54, 1.807) is 0 Å². The van der Waals surface area contributed by atoms with Gasteiger partial charge in [0.15, 0.2) is 0 Å². The number of rotatable bonds is 6. The summed E-state index contributed by atoms with van der Waals surface area (Å²) in [6.07, 6.45) is 0.433. The van der Waals surface area contributed by atoms with Crippen LogP contribution in [0.3, 0.4) is 0 Å². The zero-order valence-electron chi connectivity index (χ0n) is 9.46. The Balaban J connectivity index is 3.92. The molecule has 0 saturated heterocycles. The van der Waals surface area contributed by atoms with Crippen LogP contribution in [0, 0.1) is 0 Å². The highest BCUT2D eigenvalue weighted by molar-refractivity contribution is 6.52. The predicted molar refractivity (Wildman–Crippen MR) is 59.0 cm³/mol. The molecule has 0 aromatic heterocycles. The number of amides is 1. The zero-order chi connectivity index (χ0) is 12.6. The van der Waals surface area contributed by atoms with Crippen LogP contribution in [0.5, 0.6) is 0 Å². The lowest BCUT2D eigenvalue weighted by molar-refractivity contribution is -0.146. The quantitative estimate of drug-likeness (QED) is 0.581. The first kappa shape index (κ1) is 12.6. The van der Waals surface area contributed by atoms with E-state index in [-0.39, 0.29) is 19.4 Å². The molecule has 1 unspecified atom stereocenters. The number of ether oxygens (including phenoxy) is 1. The summed E-state index contributed by atoms with van der Waals surface area (Å²) in [4.78, 5) is 20.9. The third kappa shape index (κ3) is 7.45. The average molecular weight is 257 g/mol. The molecule has 0 bridgehead atoms. The number of carbonyl (C=O) groups excluding carboxylic acids is 2. The molecule has 4 nitrogen and oxygen atoms in total. The first-order valence-electron chi connectivity index (χ1n) is 5.26. The summed E-state index contributed by atoms with van der Waals surface area (Å²) in [7, 11) is 0. The molecule has 0 spiro atoms. The standard InChI is InChI=1S/C9H15Cl2NO3/c1-3-4-7(13)12-5-6(2)15-9(14)8(10)11/h6,8H,3-5H2,1-2H3,(H,12,13)/i2D. The number of nitrogens with one attached hydrogen (secondary N) is 1. The number of hydrogen-bond donors (Lipinski definition) is 1. The van der Waals surface area contributed by atoms with Gasteiger partial charge >= 0.3 is 5.97 Å². The summed E-state index contributed by atoms with van der Waals surface area (Å²) >= 11 is 10.6. The number of esters is 1. The zero-order valence-corrected chi connectivity index (χ0v) is 9.98. The normalized spacial score (nSPS) is 13.2. The van der Waals surface area contributed by atoms with E-state index in [2.05, 4.69) is 5.32 Å². The van der Waals surface area contributed by atoms with E-state index >= 15 is 0 Å². The largest absolute Gasteiger partial charge is 0.459 e. The van der Waals surface area contributed by atoms with E-state index in [0.717, 1.165) is 6.42 Å². The minimum atomic E-state index is -1.26. The van der Waals surface area contributed by atoms with Gasteiger partial charge in [-0.2, -0.15) is 0 Å². The van der Waals surface area contributed by atoms with Gasteiger partial charge in [0, 0.05) is 7.79 Å². The highest BCUT2D eigenvalue weighted by Crippen LogP contribution is 2.05. The molecule has 15 heavy (non-hydrogen) atoms. The number of carbonyl (C=O) groups is 2. The van der Waals surface area contributed by atoms with Gasteiger partial charge in [-0.3, -0.25) is 4.79 Å². The van der Waals surface area contributed by atoms with Gasteiger partial charge in [0.1, 0.15) is 6.10 Å². The molecule has 6 heteroatoms. The predicted octanol–water partition coefficient (Wildman–Crippen LogP) is 1.64. The minimum absolute atomic E-state index is 0.106. The van der Waals surface area contributed by atoms with Crippen molar-refractivity contribution in [1.29, 1.82) is 0 Å². The van der Waals surface area contributed by atoms with Crippen molar-refractivity contribution in [2.45, 2.75) is 37.6 Å². The van der Waals surface area contributed by atoms with Crippen LogP contribution in [0.25, 0.3) is 0 Å². The van der Waals surface area contributed by atoms with Crippen LogP contribution in [-0.2, 0) is 14.3 Å². The van der Waals surface area contributed by atoms with Gasteiger partial charge in [0.25, 0.3) is 0 Å². The molecular formula is C9H15Cl2NO3. The van der Waals surface area contributed by atoms with Gasteiger partial charge in [-0.25, -0.2) is 4.79 Å². The molecule has 0 heterocycles. The van der Waals surface area contributed by atoms with Gasteiger partial charge in [-0.15, -0.1) is 0 Å². The van der Waals surface area contributed by atoms with E-state index in [1.807, 2.05) is 6.92 Å². The van der Waals surface area contributed by atoms with E-state index in [1.165, 1.54) is 0 Å². The van der Waals surface area contributed by atoms with Crippen LogP contribution in [0.15, 0.2) is 0 Å². The van der Waals surface area contributed by atoms with Crippen molar-refractivity contribution >= 4 is 35.1 Å².